The first-order valence-corrected chi connectivity index (χ1v) is 6.63. The van der Waals surface area contributed by atoms with Crippen molar-refractivity contribution < 1.29 is 19.2 Å². The maximum atomic E-state index is 11.4. The first-order chi connectivity index (χ1) is 9.49. The van der Waals surface area contributed by atoms with Crippen LogP contribution in [0.2, 0.25) is 0 Å². The van der Waals surface area contributed by atoms with Crippen molar-refractivity contribution in [2.24, 2.45) is 0 Å². The van der Waals surface area contributed by atoms with Gasteiger partial charge in [-0.15, -0.1) is 0 Å². The van der Waals surface area contributed by atoms with E-state index in [0.29, 0.717) is 22.2 Å². The van der Waals surface area contributed by atoms with Gasteiger partial charge < -0.3 is 9.47 Å². The van der Waals surface area contributed by atoms with Crippen molar-refractivity contribution in [2.75, 3.05) is 13.7 Å². The fourth-order valence-electron chi connectivity index (χ4n) is 1.45. The van der Waals surface area contributed by atoms with E-state index in [9.17, 15) is 14.9 Å². The molecule has 0 spiro atoms. The number of benzene rings is 1. The summed E-state index contributed by atoms with van der Waals surface area (Å²) in [5.41, 5.74) is 0.435. The van der Waals surface area contributed by atoms with Gasteiger partial charge in [0.15, 0.2) is 0 Å². The topological polar surface area (TPSA) is 78.7 Å². The van der Waals surface area contributed by atoms with Crippen LogP contribution in [0.3, 0.4) is 0 Å². The maximum absolute atomic E-state index is 11.4. The van der Waals surface area contributed by atoms with E-state index in [-0.39, 0.29) is 12.3 Å². The summed E-state index contributed by atoms with van der Waals surface area (Å²) in [5.74, 6) is -0.0648. The molecule has 0 N–H and O–H groups in total. The quantitative estimate of drug-likeness (QED) is 0.343. The Bertz CT molecular complexity index is 542. The average Bonchev–Trinajstić information content (AvgIpc) is 2.44. The highest BCUT2D eigenvalue weighted by atomic mass is 79.9. The van der Waals surface area contributed by atoms with Gasteiger partial charge in [0, 0.05) is 11.6 Å². The molecule has 0 aliphatic heterocycles. The van der Waals surface area contributed by atoms with Crippen LogP contribution in [-0.2, 0) is 9.53 Å². The van der Waals surface area contributed by atoms with Gasteiger partial charge in [0.1, 0.15) is 12.4 Å². The van der Waals surface area contributed by atoms with Crippen molar-refractivity contribution in [3.8, 4) is 5.75 Å². The molecular weight excluding hydrogens is 330 g/mol. The SMILES string of the molecule is CC/C(=C/COc1cc([N+](=O)[O-])ccc1Br)C(=O)OC. The lowest BCUT2D eigenvalue weighted by molar-refractivity contribution is -0.384. The van der Waals surface area contributed by atoms with Crippen molar-refractivity contribution in [2.45, 2.75) is 13.3 Å². The first kappa shape index (κ1) is 16.2. The molecule has 0 unspecified atom stereocenters. The zero-order valence-corrected chi connectivity index (χ0v) is 12.7. The zero-order chi connectivity index (χ0) is 15.1. The number of esters is 1. The molecule has 20 heavy (non-hydrogen) atoms. The predicted molar refractivity (Wildman–Crippen MR) is 76.7 cm³/mol. The van der Waals surface area contributed by atoms with Crippen molar-refractivity contribution >= 4 is 27.6 Å². The molecule has 7 heteroatoms. The Morgan fingerprint density at radius 3 is 2.75 bits per heavy atom. The number of ether oxygens (including phenoxy) is 2. The minimum absolute atomic E-state index is 0.0594. The number of hydrogen-bond acceptors (Lipinski definition) is 5. The highest BCUT2D eigenvalue weighted by molar-refractivity contribution is 9.10. The first-order valence-electron chi connectivity index (χ1n) is 5.83. The van der Waals surface area contributed by atoms with Crippen molar-refractivity contribution in [1.29, 1.82) is 0 Å². The van der Waals surface area contributed by atoms with E-state index in [1.807, 2.05) is 6.92 Å². The van der Waals surface area contributed by atoms with Crippen LogP contribution in [0, 0.1) is 10.1 Å². The summed E-state index contributed by atoms with van der Waals surface area (Å²) >= 11 is 3.25. The summed E-state index contributed by atoms with van der Waals surface area (Å²) in [6.07, 6.45) is 2.11. The molecule has 1 aromatic carbocycles. The number of halogens is 1. The van der Waals surface area contributed by atoms with Gasteiger partial charge >= 0.3 is 5.97 Å². The molecule has 0 heterocycles. The average molecular weight is 344 g/mol. The van der Waals surface area contributed by atoms with Crippen LogP contribution in [0.4, 0.5) is 5.69 Å². The summed E-state index contributed by atoms with van der Waals surface area (Å²) in [4.78, 5) is 21.5. The van der Waals surface area contributed by atoms with Crippen molar-refractivity contribution in [3.63, 3.8) is 0 Å². The van der Waals surface area contributed by atoms with Crippen LogP contribution >= 0.6 is 15.9 Å². The zero-order valence-electron chi connectivity index (χ0n) is 11.1. The van der Waals surface area contributed by atoms with Gasteiger partial charge in [-0.1, -0.05) is 6.92 Å². The molecular formula is C13H14BrNO5. The standard InChI is InChI=1S/C13H14BrNO5/c1-3-9(13(16)19-2)6-7-20-12-8-10(15(17)18)4-5-11(12)14/h4-6,8H,3,7H2,1-2H3/b9-6-. The summed E-state index contributed by atoms with van der Waals surface area (Å²) < 4.78 is 10.6. The van der Waals surface area contributed by atoms with Crippen molar-refractivity contribution in [1.82, 2.24) is 0 Å². The van der Waals surface area contributed by atoms with Gasteiger partial charge in [-0.2, -0.15) is 0 Å². The molecule has 0 saturated carbocycles. The second-order valence-electron chi connectivity index (χ2n) is 3.76. The van der Waals surface area contributed by atoms with E-state index in [1.165, 1.54) is 25.3 Å². The normalized spacial score (nSPS) is 11.1. The molecule has 0 bridgehead atoms. The molecule has 0 saturated heterocycles. The lowest BCUT2D eigenvalue weighted by atomic mass is 10.2. The molecule has 1 aromatic rings. The number of nitro groups is 1. The van der Waals surface area contributed by atoms with E-state index >= 15 is 0 Å². The number of carbonyl (C=O) groups excluding carboxylic acids is 1. The molecule has 0 aliphatic carbocycles. The van der Waals surface area contributed by atoms with Crippen LogP contribution in [0.5, 0.6) is 5.75 Å². The van der Waals surface area contributed by atoms with E-state index in [0.717, 1.165) is 0 Å². The summed E-state index contributed by atoms with van der Waals surface area (Å²) in [6.45, 7) is 1.95. The smallest absolute Gasteiger partial charge is 0.333 e. The van der Waals surface area contributed by atoms with Crippen LogP contribution in [0.1, 0.15) is 13.3 Å². The predicted octanol–water partition coefficient (Wildman–Crippen LogP) is 3.25. The highest BCUT2D eigenvalue weighted by Crippen LogP contribution is 2.29. The number of non-ortho nitro benzene ring substituents is 1. The molecule has 0 atom stereocenters. The van der Waals surface area contributed by atoms with Crippen LogP contribution < -0.4 is 4.74 Å². The fourth-order valence-corrected chi connectivity index (χ4v) is 1.81. The number of nitrogens with zero attached hydrogens (tertiary/aromatic N) is 1. The number of nitro benzene ring substituents is 1. The molecule has 108 valence electrons. The molecule has 0 radical (unpaired) electrons. The van der Waals surface area contributed by atoms with Crippen molar-refractivity contribution in [3.05, 3.63) is 44.4 Å². The molecule has 0 aliphatic rings. The molecule has 0 amide bonds. The Morgan fingerprint density at radius 1 is 1.50 bits per heavy atom. The van der Waals surface area contributed by atoms with Gasteiger partial charge in [0.05, 0.1) is 22.6 Å². The number of hydrogen-bond donors (Lipinski definition) is 0. The number of methoxy groups -OCH3 is 1. The van der Waals surface area contributed by atoms with Crippen LogP contribution in [0.15, 0.2) is 34.3 Å². The number of carbonyl (C=O) groups is 1. The Hall–Kier alpha value is -1.89. The Morgan fingerprint density at radius 2 is 2.20 bits per heavy atom. The third kappa shape index (κ3) is 4.34. The minimum atomic E-state index is -0.499. The maximum Gasteiger partial charge on any atom is 0.333 e. The lowest BCUT2D eigenvalue weighted by Crippen LogP contribution is -2.06. The summed E-state index contributed by atoms with van der Waals surface area (Å²) in [6, 6.07) is 4.23. The third-order valence-electron chi connectivity index (χ3n) is 2.52. The summed E-state index contributed by atoms with van der Waals surface area (Å²) in [5, 5.41) is 10.7. The van der Waals surface area contributed by atoms with Gasteiger partial charge in [0.25, 0.3) is 5.69 Å². The van der Waals surface area contributed by atoms with Gasteiger partial charge in [-0.3, -0.25) is 10.1 Å². The lowest BCUT2D eigenvalue weighted by Gasteiger charge is -2.07. The van der Waals surface area contributed by atoms with Gasteiger partial charge in [-0.25, -0.2) is 4.79 Å². The minimum Gasteiger partial charge on any atom is -0.488 e. The van der Waals surface area contributed by atoms with Gasteiger partial charge in [0.2, 0.25) is 0 Å². The fraction of sp³-hybridized carbons (Fsp3) is 0.308. The van der Waals surface area contributed by atoms with Crippen LogP contribution in [-0.4, -0.2) is 24.6 Å². The Balaban J connectivity index is 2.79. The monoisotopic (exact) mass is 343 g/mol. The third-order valence-corrected chi connectivity index (χ3v) is 3.18. The molecule has 0 aromatic heterocycles. The second-order valence-corrected chi connectivity index (χ2v) is 4.61. The molecule has 0 fully saturated rings. The van der Waals surface area contributed by atoms with E-state index in [4.69, 9.17) is 4.74 Å². The van der Waals surface area contributed by atoms with Gasteiger partial charge in [-0.05, 0) is 34.5 Å². The largest absolute Gasteiger partial charge is 0.488 e. The second kappa shape index (κ2) is 7.64. The molecule has 6 nitrogen and oxygen atoms in total. The van der Waals surface area contributed by atoms with E-state index < -0.39 is 10.9 Å². The Kier molecular flexibility index (Phi) is 6.17. The van der Waals surface area contributed by atoms with E-state index in [1.54, 1.807) is 6.08 Å². The summed E-state index contributed by atoms with van der Waals surface area (Å²) in [7, 11) is 1.31. The Labute approximate surface area is 124 Å². The highest BCUT2D eigenvalue weighted by Gasteiger charge is 2.11. The van der Waals surface area contributed by atoms with Crippen LogP contribution in [0.25, 0.3) is 0 Å². The number of rotatable bonds is 6. The molecule has 1 rings (SSSR count). The van der Waals surface area contributed by atoms with E-state index in [2.05, 4.69) is 20.7 Å².